The van der Waals surface area contributed by atoms with Gasteiger partial charge in [-0.05, 0) is 30.3 Å². The molecule has 0 spiro atoms. The molecule has 5 aromatic rings. The Labute approximate surface area is 185 Å². The first-order valence-electron chi connectivity index (χ1n) is 9.77. The molecular formula is C23H15F2N7O. The van der Waals surface area contributed by atoms with Crippen molar-refractivity contribution < 1.29 is 13.6 Å². The summed E-state index contributed by atoms with van der Waals surface area (Å²) in [4.78, 5) is 32.1. The number of imidazole rings is 1. The minimum absolute atomic E-state index is 0.0595. The van der Waals surface area contributed by atoms with Crippen molar-refractivity contribution in [2.45, 2.75) is 0 Å². The lowest BCUT2D eigenvalue weighted by molar-refractivity contribution is 0.100. The van der Waals surface area contributed by atoms with Gasteiger partial charge in [0.1, 0.15) is 35.0 Å². The summed E-state index contributed by atoms with van der Waals surface area (Å²) in [6.07, 6.45) is 4.44. The van der Waals surface area contributed by atoms with Gasteiger partial charge in [0.15, 0.2) is 5.65 Å². The zero-order valence-electron chi connectivity index (χ0n) is 16.9. The second-order valence-corrected chi connectivity index (χ2v) is 7.07. The van der Waals surface area contributed by atoms with Crippen molar-refractivity contribution in [3.63, 3.8) is 0 Å². The van der Waals surface area contributed by atoms with Crippen LogP contribution in [0.15, 0.2) is 67.4 Å². The van der Waals surface area contributed by atoms with Crippen molar-refractivity contribution in [2.75, 3.05) is 5.32 Å². The summed E-state index contributed by atoms with van der Waals surface area (Å²) in [7, 11) is 0. The Bertz CT molecular complexity index is 1520. The molecule has 4 N–H and O–H groups in total. The van der Waals surface area contributed by atoms with Crippen molar-refractivity contribution in [1.29, 1.82) is 0 Å². The first kappa shape index (κ1) is 20.2. The molecule has 33 heavy (non-hydrogen) atoms. The number of carbonyl (C=O) groups is 1. The van der Waals surface area contributed by atoms with E-state index in [0.29, 0.717) is 28.2 Å². The number of rotatable bonds is 5. The summed E-state index contributed by atoms with van der Waals surface area (Å²) in [6.45, 7) is 0. The van der Waals surface area contributed by atoms with E-state index in [1.165, 1.54) is 36.9 Å². The molecule has 0 unspecified atom stereocenters. The van der Waals surface area contributed by atoms with Gasteiger partial charge in [-0.25, -0.2) is 28.7 Å². The first-order chi connectivity index (χ1) is 16.0. The Kier molecular flexibility index (Phi) is 4.94. The van der Waals surface area contributed by atoms with Gasteiger partial charge >= 0.3 is 0 Å². The highest BCUT2D eigenvalue weighted by atomic mass is 19.1. The minimum atomic E-state index is -0.897. The number of nitrogens with one attached hydrogen (secondary N) is 2. The number of pyridine rings is 1. The third-order valence-electron chi connectivity index (χ3n) is 5.04. The lowest BCUT2D eigenvalue weighted by Gasteiger charge is -2.15. The van der Waals surface area contributed by atoms with Crippen molar-refractivity contribution in [2.24, 2.45) is 5.73 Å². The number of H-pyrrole nitrogens is 1. The molecule has 5 rings (SSSR count). The number of benzene rings is 2. The Morgan fingerprint density at radius 2 is 1.76 bits per heavy atom. The second kappa shape index (κ2) is 8.08. The van der Waals surface area contributed by atoms with Gasteiger partial charge in [-0.15, -0.1) is 0 Å². The number of aromatic nitrogens is 5. The van der Waals surface area contributed by atoms with Crippen LogP contribution in [0.1, 0.15) is 10.4 Å². The lowest BCUT2D eigenvalue weighted by Crippen LogP contribution is -2.14. The van der Waals surface area contributed by atoms with Crippen LogP contribution in [0.3, 0.4) is 0 Å². The van der Waals surface area contributed by atoms with Crippen molar-refractivity contribution in [3.05, 3.63) is 84.6 Å². The fourth-order valence-corrected chi connectivity index (χ4v) is 3.61. The van der Waals surface area contributed by atoms with Crippen LogP contribution in [0, 0.1) is 11.6 Å². The van der Waals surface area contributed by atoms with Crippen LogP contribution in [-0.4, -0.2) is 30.8 Å². The number of nitrogens with zero attached hydrogens (tertiary/aromatic N) is 4. The van der Waals surface area contributed by atoms with Crippen LogP contribution in [0.25, 0.3) is 33.5 Å². The smallest absolute Gasteiger partial charge is 0.249 e. The highest BCUT2D eigenvalue weighted by Gasteiger charge is 2.20. The molecule has 10 heteroatoms. The van der Waals surface area contributed by atoms with Gasteiger partial charge in [0.05, 0.1) is 11.9 Å². The van der Waals surface area contributed by atoms with Gasteiger partial charge in [-0.2, -0.15) is 0 Å². The first-order valence-corrected chi connectivity index (χ1v) is 9.77. The van der Waals surface area contributed by atoms with E-state index in [9.17, 15) is 9.18 Å². The maximum Gasteiger partial charge on any atom is 0.249 e. The van der Waals surface area contributed by atoms with E-state index in [1.54, 1.807) is 24.4 Å². The standard InChI is InChI=1S/C23H15F2N7O/c24-16-6-2-1-4-13(16)18-15(21(26)33)8-12(9-17(18)25)32-22-14(5-3-7-27-22)19-20-23(30-10-28-19)31-11-29-20/h1-11H,(H2,26,33)(H,27,32)(H,28,29,30,31). The van der Waals surface area contributed by atoms with Gasteiger partial charge < -0.3 is 16.0 Å². The van der Waals surface area contributed by atoms with E-state index in [4.69, 9.17) is 5.73 Å². The average Bonchev–Trinajstić information content (AvgIpc) is 3.29. The molecule has 0 saturated heterocycles. The normalized spacial score (nSPS) is 11.0. The molecule has 0 aliphatic carbocycles. The molecule has 162 valence electrons. The Morgan fingerprint density at radius 3 is 2.58 bits per heavy atom. The molecule has 0 saturated carbocycles. The maximum absolute atomic E-state index is 15.2. The van der Waals surface area contributed by atoms with Crippen LogP contribution >= 0.6 is 0 Å². The molecule has 2 aromatic carbocycles. The molecule has 0 aliphatic heterocycles. The number of carbonyl (C=O) groups excluding carboxylic acids is 1. The molecule has 3 aromatic heterocycles. The molecule has 0 atom stereocenters. The number of fused-ring (bicyclic) bond motifs is 1. The minimum Gasteiger partial charge on any atom is -0.366 e. The fourth-order valence-electron chi connectivity index (χ4n) is 3.61. The third kappa shape index (κ3) is 3.63. The summed E-state index contributed by atoms with van der Waals surface area (Å²) in [6, 6.07) is 11.6. The quantitative estimate of drug-likeness (QED) is 0.374. The van der Waals surface area contributed by atoms with E-state index in [-0.39, 0.29) is 22.4 Å². The summed E-state index contributed by atoms with van der Waals surface area (Å²) >= 11 is 0. The number of aromatic amines is 1. The van der Waals surface area contributed by atoms with Crippen LogP contribution in [0.2, 0.25) is 0 Å². The Morgan fingerprint density at radius 1 is 0.939 bits per heavy atom. The highest BCUT2D eigenvalue weighted by Crippen LogP contribution is 2.34. The predicted molar refractivity (Wildman–Crippen MR) is 119 cm³/mol. The van der Waals surface area contributed by atoms with E-state index in [1.807, 2.05) is 0 Å². The Balaban J connectivity index is 1.61. The summed E-state index contributed by atoms with van der Waals surface area (Å²) in [5, 5.41) is 3.01. The monoisotopic (exact) mass is 443 g/mol. The van der Waals surface area contributed by atoms with Crippen LogP contribution in [-0.2, 0) is 0 Å². The predicted octanol–water partition coefficient (Wildman–Crippen LogP) is 4.20. The Hall–Kier alpha value is -4.73. The summed E-state index contributed by atoms with van der Waals surface area (Å²) in [5.41, 5.74) is 7.44. The van der Waals surface area contributed by atoms with Crippen LogP contribution in [0.5, 0.6) is 0 Å². The van der Waals surface area contributed by atoms with Crippen LogP contribution in [0.4, 0.5) is 20.3 Å². The number of amides is 1. The fraction of sp³-hybridized carbons (Fsp3) is 0. The number of anilines is 2. The van der Waals surface area contributed by atoms with E-state index >= 15 is 4.39 Å². The second-order valence-electron chi connectivity index (χ2n) is 7.07. The molecule has 0 aliphatic rings. The lowest BCUT2D eigenvalue weighted by atomic mass is 9.97. The van der Waals surface area contributed by atoms with Crippen molar-refractivity contribution in [1.82, 2.24) is 24.9 Å². The molecule has 0 radical (unpaired) electrons. The largest absolute Gasteiger partial charge is 0.366 e. The number of hydrogen-bond donors (Lipinski definition) is 3. The van der Waals surface area contributed by atoms with E-state index < -0.39 is 17.5 Å². The molecule has 3 heterocycles. The summed E-state index contributed by atoms with van der Waals surface area (Å²) in [5.74, 6) is -2.04. The number of primary amides is 1. The number of halogens is 2. The van der Waals surface area contributed by atoms with Crippen molar-refractivity contribution in [3.8, 4) is 22.4 Å². The molecule has 0 fully saturated rings. The molecule has 8 nitrogen and oxygen atoms in total. The van der Waals surface area contributed by atoms with Gasteiger partial charge in [0, 0.05) is 28.6 Å². The van der Waals surface area contributed by atoms with Gasteiger partial charge in [-0.1, -0.05) is 18.2 Å². The SMILES string of the molecule is NC(=O)c1cc(Nc2ncccc2-c2ncnc3[nH]cnc23)cc(F)c1-c1ccccc1F. The summed E-state index contributed by atoms with van der Waals surface area (Å²) < 4.78 is 29.5. The highest BCUT2D eigenvalue weighted by molar-refractivity contribution is 6.01. The average molecular weight is 443 g/mol. The number of nitrogens with two attached hydrogens (primary N) is 1. The van der Waals surface area contributed by atoms with E-state index in [2.05, 4.69) is 30.2 Å². The van der Waals surface area contributed by atoms with Gasteiger partial charge in [0.2, 0.25) is 5.91 Å². The van der Waals surface area contributed by atoms with Gasteiger partial charge in [-0.3, -0.25) is 4.79 Å². The van der Waals surface area contributed by atoms with Crippen LogP contribution < -0.4 is 11.1 Å². The van der Waals surface area contributed by atoms with E-state index in [0.717, 1.165) is 6.07 Å². The third-order valence-corrected chi connectivity index (χ3v) is 5.04. The molecule has 1 amide bonds. The molecular weight excluding hydrogens is 428 g/mol. The zero-order chi connectivity index (χ0) is 22.9. The maximum atomic E-state index is 15.2. The topological polar surface area (TPSA) is 122 Å². The number of hydrogen-bond acceptors (Lipinski definition) is 6. The van der Waals surface area contributed by atoms with Gasteiger partial charge in [0.25, 0.3) is 0 Å². The zero-order valence-corrected chi connectivity index (χ0v) is 16.9. The van der Waals surface area contributed by atoms with Crippen molar-refractivity contribution >= 4 is 28.6 Å². The molecule has 0 bridgehead atoms.